The fourth-order valence-electron chi connectivity index (χ4n) is 1.08. The Morgan fingerprint density at radius 2 is 2.00 bits per heavy atom. The summed E-state index contributed by atoms with van der Waals surface area (Å²) in [5.41, 5.74) is 2.27. The molecule has 1 aromatic rings. The largest absolute Gasteiger partial charge is 0.241 e. The van der Waals surface area contributed by atoms with Crippen molar-refractivity contribution in [1.29, 1.82) is 0 Å². The molecule has 66 valence electrons. The van der Waals surface area contributed by atoms with Crippen molar-refractivity contribution in [1.82, 2.24) is 0 Å². The van der Waals surface area contributed by atoms with Crippen molar-refractivity contribution < 1.29 is 0 Å². The zero-order chi connectivity index (χ0) is 9.14. The van der Waals surface area contributed by atoms with E-state index in [1.54, 1.807) is 0 Å². The smallest absolute Gasteiger partial charge is 0.150 e. The van der Waals surface area contributed by atoms with Gasteiger partial charge in [-0.1, -0.05) is 23.7 Å². The Kier molecular flexibility index (Phi) is 3.91. The van der Waals surface area contributed by atoms with E-state index in [1.165, 1.54) is 5.56 Å². The minimum atomic E-state index is -1.59. The third kappa shape index (κ3) is 2.66. The van der Waals surface area contributed by atoms with Gasteiger partial charge in [-0.25, -0.2) is 0 Å². The van der Waals surface area contributed by atoms with Crippen molar-refractivity contribution in [3.8, 4) is 0 Å². The zero-order valence-electron chi connectivity index (χ0n) is 6.65. The van der Waals surface area contributed by atoms with E-state index < -0.39 is 7.42 Å². The van der Waals surface area contributed by atoms with Gasteiger partial charge in [0.05, 0.1) is 0 Å². The maximum atomic E-state index is 5.98. The monoisotopic (exact) mass is 238 g/mol. The number of halogens is 3. The van der Waals surface area contributed by atoms with Gasteiger partial charge in [-0.2, -0.15) is 0 Å². The standard InChI is InChI=1S/C8H9Cl3Si/c1-6-3-2-4-8(9)7(6)5-12(10)11/h2-4,12H,5H2,1H3. The lowest BCUT2D eigenvalue weighted by atomic mass is 10.1. The van der Waals surface area contributed by atoms with Gasteiger partial charge in [-0.3, -0.25) is 0 Å². The molecule has 0 atom stereocenters. The maximum absolute atomic E-state index is 5.98. The number of aryl methyl sites for hydroxylation is 1. The van der Waals surface area contributed by atoms with Crippen molar-refractivity contribution in [2.75, 3.05) is 0 Å². The first-order valence-electron chi connectivity index (χ1n) is 3.63. The van der Waals surface area contributed by atoms with Crippen molar-refractivity contribution >= 4 is 41.2 Å². The van der Waals surface area contributed by atoms with E-state index in [-0.39, 0.29) is 0 Å². The zero-order valence-corrected chi connectivity index (χ0v) is 10.1. The van der Waals surface area contributed by atoms with E-state index in [0.717, 1.165) is 16.6 Å². The molecule has 0 saturated carbocycles. The minimum Gasteiger partial charge on any atom is -0.150 e. The Morgan fingerprint density at radius 1 is 1.33 bits per heavy atom. The Balaban J connectivity index is 2.96. The van der Waals surface area contributed by atoms with Crippen LogP contribution in [0, 0.1) is 6.92 Å². The molecular formula is C8H9Cl3Si. The van der Waals surface area contributed by atoms with Crippen molar-refractivity contribution in [3.63, 3.8) is 0 Å². The van der Waals surface area contributed by atoms with Crippen LogP contribution in [0.3, 0.4) is 0 Å². The van der Waals surface area contributed by atoms with Crippen LogP contribution in [0.5, 0.6) is 0 Å². The van der Waals surface area contributed by atoms with Crippen LogP contribution in [-0.2, 0) is 6.04 Å². The SMILES string of the molecule is Cc1cccc(Cl)c1C[SiH](Cl)Cl. The van der Waals surface area contributed by atoms with Gasteiger partial charge in [0.25, 0.3) is 0 Å². The van der Waals surface area contributed by atoms with Gasteiger partial charge in [-0.05, 0) is 30.2 Å². The van der Waals surface area contributed by atoms with E-state index in [4.69, 9.17) is 33.8 Å². The predicted octanol–water partition coefficient (Wildman–Crippen LogP) is 3.43. The molecule has 0 amide bonds. The molecule has 0 heterocycles. The molecule has 0 fully saturated rings. The molecule has 1 aromatic carbocycles. The Morgan fingerprint density at radius 3 is 2.50 bits per heavy atom. The summed E-state index contributed by atoms with van der Waals surface area (Å²) in [6.45, 7) is 2.02. The lowest BCUT2D eigenvalue weighted by Gasteiger charge is -2.06. The summed E-state index contributed by atoms with van der Waals surface area (Å²) in [6.07, 6.45) is 0. The molecule has 0 bridgehead atoms. The molecule has 0 aliphatic rings. The average Bonchev–Trinajstić information content (AvgIpc) is 1.97. The van der Waals surface area contributed by atoms with E-state index in [1.807, 2.05) is 25.1 Å². The van der Waals surface area contributed by atoms with Gasteiger partial charge in [0.2, 0.25) is 7.42 Å². The number of benzene rings is 1. The fourth-order valence-corrected chi connectivity index (χ4v) is 3.28. The molecule has 0 N–H and O–H groups in total. The highest BCUT2D eigenvalue weighted by molar-refractivity contribution is 7.33. The van der Waals surface area contributed by atoms with Crippen LogP contribution in [0.2, 0.25) is 5.02 Å². The normalized spacial score (nSPS) is 10.8. The molecule has 0 aliphatic heterocycles. The second-order valence-corrected chi connectivity index (χ2v) is 8.06. The number of hydrogen-bond donors (Lipinski definition) is 0. The van der Waals surface area contributed by atoms with Crippen molar-refractivity contribution in [2.24, 2.45) is 0 Å². The molecule has 0 radical (unpaired) electrons. The third-order valence-corrected chi connectivity index (χ3v) is 3.71. The van der Waals surface area contributed by atoms with Crippen molar-refractivity contribution in [3.05, 3.63) is 34.3 Å². The first-order chi connectivity index (χ1) is 5.61. The topological polar surface area (TPSA) is 0 Å². The average molecular weight is 240 g/mol. The summed E-state index contributed by atoms with van der Waals surface area (Å²) in [5, 5.41) is 0.772. The van der Waals surface area contributed by atoms with Crippen LogP contribution < -0.4 is 0 Å². The fraction of sp³-hybridized carbons (Fsp3) is 0.250. The van der Waals surface area contributed by atoms with Gasteiger partial charge in [-0.15, -0.1) is 22.2 Å². The van der Waals surface area contributed by atoms with Gasteiger partial charge < -0.3 is 0 Å². The summed E-state index contributed by atoms with van der Waals surface area (Å²) >= 11 is 17.6. The highest BCUT2D eigenvalue weighted by atomic mass is 35.7. The Hall–Kier alpha value is 0.307. The molecular weight excluding hydrogens is 231 g/mol. The van der Waals surface area contributed by atoms with Crippen LogP contribution in [0.15, 0.2) is 18.2 Å². The summed E-state index contributed by atoms with van der Waals surface area (Å²) in [7, 11) is -1.59. The molecule has 0 unspecified atom stereocenters. The third-order valence-electron chi connectivity index (χ3n) is 1.71. The van der Waals surface area contributed by atoms with Gasteiger partial charge >= 0.3 is 0 Å². The number of rotatable bonds is 2. The Labute approximate surface area is 88.5 Å². The van der Waals surface area contributed by atoms with Crippen LogP contribution >= 0.6 is 33.8 Å². The van der Waals surface area contributed by atoms with Crippen LogP contribution in [0.4, 0.5) is 0 Å². The molecule has 0 saturated heterocycles. The second kappa shape index (κ2) is 4.52. The van der Waals surface area contributed by atoms with Gasteiger partial charge in [0.15, 0.2) is 0 Å². The second-order valence-electron chi connectivity index (χ2n) is 2.63. The van der Waals surface area contributed by atoms with Crippen molar-refractivity contribution in [2.45, 2.75) is 13.0 Å². The molecule has 0 spiro atoms. The van der Waals surface area contributed by atoms with Gasteiger partial charge in [0, 0.05) is 5.02 Å². The van der Waals surface area contributed by atoms with Crippen LogP contribution in [0.1, 0.15) is 11.1 Å². The molecule has 12 heavy (non-hydrogen) atoms. The molecule has 4 heteroatoms. The number of hydrogen-bond acceptors (Lipinski definition) is 0. The summed E-state index contributed by atoms with van der Waals surface area (Å²) in [5.74, 6) is 0. The molecule has 0 aromatic heterocycles. The lowest BCUT2D eigenvalue weighted by molar-refractivity contribution is 1.29. The lowest BCUT2D eigenvalue weighted by Crippen LogP contribution is -2.02. The summed E-state index contributed by atoms with van der Waals surface area (Å²) in [4.78, 5) is 0. The highest BCUT2D eigenvalue weighted by Crippen LogP contribution is 2.22. The summed E-state index contributed by atoms with van der Waals surface area (Å²) in [6, 6.07) is 6.56. The summed E-state index contributed by atoms with van der Waals surface area (Å²) < 4.78 is 0. The first-order valence-corrected chi connectivity index (χ1v) is 8.32. The minimum absolute atomic E-state index is 0.745. The maximum Gasteiger partial charge on any atom is 0.241 e. The van der Waals surface area contributed by atoms with E-state index in [0.29, 0.717) is 0 Å². The first kappa shape index (κ1) is 10.4. The quantitative estimate of drug-likeness (QED) is 0.548. The predicted molar refractivity (Wildman–Crippen MR) is 58.7 cm³/mol. The van der Waals surface area contributed by atoms with Crippen LogP contribution in [-0.4, -0.2) is 7.42 Å². The van der Waals surface area contributed by atoms with E-state index in [2.05, 4.69) is 0 Å². The Bertz CT molecular complexity index is 253. The van der Waals surface area contributed by atoms with E-state index in [9.17, 15) is 0 Å². The highest BCUT2D eigenvalue weighted by Gasteiger charge is 2.09. The van der Waals surface area contributed by atoms with E-state index >= 15 is 0 Å². The van der Waals surface area contributed by atoms with Gasteiger partial charge in [0.1, 0.15) is 0 Å². The molecule has 0 aliphatic carbocycles. The van der Waals surface area contributed by atoms with Crippen LogP contribution in [0.25, 0.3) is 0 Å². The molecule has 1 rings (SSSR count). The molecule has 0 nitrogen and oxygen atoms in total.